The third kappa shape index (κ3) is 6.53. The average molecular weight is 568 g/mol. The third-order valence-corrected chi connectivity index (χ3v) is 9.75. The predicted molar refractivity (Wildman–Crippen MR) is 180 cm³/mol. The maximum Gasteiger partial charge on any atom is 0.228 e. The molecule has 2 aliphatic heterocycles. The van der Waals surface area contributed by atoms with Gasteiger partial charge in [-0.1, -0.05) is 121 Å². The van der Waals surface area contributed by atoms with Crippen LogP contribution in [0.2, 0.25) is 0 Å². The fourth-order valence-corrected chi connectivity index (χ4v) is 7.14. The van der Waals surface area contributed by atoms with Crippen molar-refractivity contribution in [3.05, 3.63) is 60.3 Å². The Morgan fingerprint density at radius 3 is 1.98 bits per heavy atom. The molecule has 2 aliphatic rings. The van der Waals surface area contributed by atoms with Crippen molar-refractivity contribution in [2.45, 2.75) is 135 Å². The van der Waals surface area contributed by atoms with Crippen LogP contribution in [-0.2, 0) is 5.41 Å². The molecule has 1 unspecified atom stereocenters. The second-order valence-electron chi connectivity index (χ2n) is 13.1. The van der Waals surface area contributed by atoms with Gasteiger partial charge in [0, 0.05) is 23.8 Å². The smallest absolute Gasteiger partial charge is 0.228 e. The molecular weight excluding hydrogens is 514 g/mol. The van der Waals surface area contributed by atoms with Crippen molar-refractivity contribution in [1.29, 1.82) is 0 Å². The molecular formula is C38H53N3O. The lowest BCUT2D eigenvalue weighted by Crippen LogP contribution is -2.62. The summed E-state index contributed by atoms with van der Waals surface area (Å²) in [6, 6.07) is 17.0. The number of pyridine rings is 1. The number of anilines is 1. The van der Waals surface area contributed by atoms with E-state index in [9.17, 15) is 0 Å². The lowest BCUT2D eigenvalue weighted by Gasteiger charge is -2.46. The summed E-state index contributed by atoms with van der Waals surface area (Å²) in [6.07, 6.45) is 26.1. The van der Waals surface area contributed by atoms with Gasteiger partial charge >= 0.3 is 0 Å². The van der Waals surface area contributed by atoms with E-state index in [2.05, 4.69) is 79.3 Å². The highest BCUT2D eigenvalue weighted by atomic mass is 16.5. The molecule has 3 aromatic rings. The molecule has 4 nitrogen and oxygen atoms in total. The molecule has 0 fully saturated rings. The van der Waals surface area contributed by atoms with Crippen LogP contribution in [0.15, 0.2) is 59.7 Å². The van der Waals surface area contributed by atoms with Gasteiger partial charge in [-0.2, -0.15) is 0 Å². The van der Waals surface area contributed by atoms with Crippen molar-refractivity contribution < 1.29 is 4.74 Å². The summed E-state index contributed by atoms with van der Waals surface area (Å²) in [7, 11) is 0. The van der Waals surface area contributed by atoms with Crippen molar-refractivity contribution in [2.75, 3.05) is 11.4 Å². The number of aliphatic imine (C=N–C) groups is 1. The summed E-state index contributed by atoms with van der Waals surface area (Å²) in [4.78, 5) is 12.1. The molecule has 42 heavy (non-hydrogen) atoms. The van der Waals surface area contributed by atoms with Gasteiger partial charge in [-0.25, -0.2) is 0 Å². The summed E-state index contributed by atoms with van der Waals surface area (Å²) in [5.41, 5.74) is 3.56. The zero-order valence-corrected chi connectivity index (χ0v) is 26.5. The van der Waals surface area contributed by atoms with Crippen molar-refractivity contribution in [1.82, 2.24) is 4.98 Å². The molecule has 0 N–H and O–H groups in total. The van der Waals surface area contributed by atoms with E-state index in [4.69, 9.17) is 9.73 Å². The molecule has 0 radical (unpaired) electrons. The number of benzene rings is 2. The zero-order valence-electron chi connectivity index (χ0n) is 26.5. The fraction of sp³-hybridized carbons (Fsp3) is 0.579. The number of aromatic nitrogens is 1. The summed E-state index contributed by atoms with van der Waals surface area (Å²) in [5, 5.41) is 1.04. The van der Waals surface area contributed by atoms with Gasteiger partial charge in [0.25, 0.3) is 0 Å². The lowest BCUT2D eigenvalue weighted by molar-refractivity contribution is 0.0774. The maximum absolute atomic E-state index is 7.03. The topological polar surface area (TPSA) is 37.7 Å². The van der Waals surface area contributed by atoms with Gasteiger partial charge in [0.15, 0.2) is 0 Å². The standard InChI is InChI=1S/C38H53N3O/c1-4-5-6-7-8-9-10-11-12-13-14-15-16-17-18-21-29-41-34-25-20-19-24-32(34)37(2,3)38(41)30-40-36-31-23-22-28-39-33(31)26-27-35(36)42-38/h19-20,22-28,30H,4-18,21,29H2,1-3H3. The van der Waals surface area contributed by atoms with Crippen molar-refractivity contribution >= 4 is 28.5 Å². The number of ether oxygens (including phenoxy) is 1. The molecule has 0 bridgehead atoms. The van der Waals surface area contributed by atoms with Crippen LogP contribution in [0.3, 0.4) is 0 Å². The third-order valence-electron chi connectivity index (χ3n) is 9.75. The maximum atomic E-state index is 7.03. The molecule has 0 saturated carbocycles. The molecule has 0 amide bonds. The summed E-state index contributed by atoms with van der Waals surface area (Å²) in [6.45, 7) is 7.87. The van der Waals surface area contributed by atoms with Crippen LogP contribution in [0, 0.1) is 0 Å². The first-order valence-corrected chi connectivity index (χ1v) is 17.1. The average Bonchev–Trinajstić information content (AvgIpc) is 3.19. The van der Waals surface area contributed by atoms with Crippen LogP contribution < -0.4 is 9.64 Å². The minimum Gasteiger partial charge on any atom is -0.459 e. The van der Waals surface area contributed by atoms with Gasteiger partial charge < -0.3 is 9.64 Å². The SMILES string of the molecule is CCCCCCCCCCCCCCCCCCN1c2ccccc2C(C)(C)C12C=Nc1c(ccc3ncccc13)O2. The van der Waals surface area contributed by atoms with Crippen LogP contribution in [0.4, 0.5) is 11.4 Å². The molecule has 226 valence electrons. The highest BCUT2D eigenvalue weighted by Gasteiger charge is 2.59. The molecule has 3 heterocycles. The predicted octanol–water partition coefficient (Wildman–Crippen LogP) is 11.1. The van der Waals surface area contributed by atoms with Gasteiger partial charge in [-0.3, -0.25) is 9.98 Å². The molecule has 1 atom stereocenters. The molecule has 2 aromatic carbocycles. The van der Waals surface area contributed by atoms with Crippen LogP contribution >= 0.6 is 0 Å². The first-order chi connectivity index (χ1) is 20.6. The first-order valence-electron chi connectivity index (χ1n) is 17.1. The molecule has 0 aliphatic carbocycles. The van der Waals surface area contributed by atoms with Crippen molar-refractivity contribution in [3.63, 3.8) is 0 Å². The molecule has 5 rings (SSSR count). The summed E-state index contributed by atoms with van der Waals surface area (Å²) in [5.74, 6) is 0.843. The van der Waals surface area contributed by atoms with Gasteiger partial charge in [0.2, 0.25) is 5.72 Å². The zero-order chi connectivity index (χ0) is 29.3. The van der Waals surface area contributed by atoms with E-state index in [1.807, 2.05) is 12.3 Å². The highest BCUT2D eigenvalue weighted by molar-refractivity contribution is 5.98. The Morgan fingerprint density at radius 2 is 1.31 bits per heavy atom. The molecule has 4 heteroatoms. The fourth-order valence-electron chi connectivity index (χ4n) is 7.14. The Kier molecular flexibility index (Phi) is 10.6. The van der Waals surface area contributed by atoms with Gasteiger partial charge in [0.1, 0.15) is 11.4 Å². The van der Waals surface area contributed by atoms with Crippen LogP contribution in [0.5, 0.6) is 5.75 Å². The van der Waals surface area contributed by atoms with Crippen molar-refractivity contribution in [2.24, 2.45) is 4.99 Å². The first kappa shape index (κ1) is 30.6. The lowest BCUT2D eigenvalue weighted by atomic mass is 9.77. The molecule has 1 aromatic heterocycles. The Balaban J connectivity index is 1.10. The number of rotatable bonds is 17. The van der Waals surface area contributed by atoms with E-state index in [-0.39, 0.29) is 5.41 Å². The summed E-state index contributed by atoms with van der Waals surface area (Å²) < 4.78 is 7.03. The normalized spacial score (nSPS) is 18.4. The van der Waals surface area contributed by atoms with E-state index < -0.39 is 5.72 Å². The van der Waals surface area contributed by atoms with E-state index >= 15 is 0 Å². The Morgan fingerprint density at radius 1 is 0.690 bits per heavy atom. The minimum absolute atomic E-state index is 0.246. The monoisotopic (exact) mass is 567 g/mol. The van der Waals surface area contributed by atoms with E-state index in [1.54, 1.807) is 0 Å². The highest BCUT2D eigenvalue weighted by Crippen LogP contribution is 2.54. The number of hydrogen-bond donors (Lipinski definition) is 0. The Labute approximate surface area is 255 Å². The largest absolute Gasteiger partial charge is 0.459 e. The molecule has 0 saturated heterocycles. The second kappa shape index (κ2) is 14.5. The van der Waals surface area contributed by atoms with E-state index in [0.29, 0.717) is 0 Å². The van der Waals surface area contributed by atoms with Gasteiger partial charge in [-0.05, 0) is 56.2 Å². The minimum atomic E-state index is -0.644. The quantitative estimate of drug-likeness (QED) is 0.152. The number of para-hydroxylation sites is 1. The van der Waals surface area contributed by atoms with Crippen LogP contribution in [0.25, 0.3) is 10.9 Å². The Bertz CT molecular complexity index is 1310. The van der Waals surface area contributed by atoms with E-state index in [1.165, 1.54) is 108 Å². The number of hydrogen-bond acceptors (Lipinski definition) is 4. The number of unbranched alkanes of at least 4 members (excludes halogenated alkanes) is 15. The van der Waals surface area contributed by atoms with Crippen molar-refractivity contribution in [3.8, 4) is 5.75 Å². The van der Waals surface area contributed by atoms with Crippen LogP contribution in [-0.4, -0.2) is 23.5 Å². The van der Waals surface area contributed by atoms with E-state index in [0.717, 1.165) is 35.3 Å². The Hall–Kier alpha value is -2.88. The van der Waals surface area contributed by atoms with Crippen LogP contribution in [0.1, 0.15) is 129 Å². The number of fused-ring (bicyclic) bond motifs is 4. The van der Waals surface area contributed by atoms with Gasteiger partial charge in [0.05, 0.1) is 17.1 Å². The second-order valence-corrected chi connectivity index (χ2v) is 13.1. The molecule has 1 spiro atoms. The number of nitrogens with zero attached hydrogens (tertiary/aromatic N) is 3. The van der Waals surface area contributed by atoms with Gasteiger partial charge in [-0.15, -0.1) is 0 Å². The summed E-state index contributed by atoms with van der Waals surface area (Å²) >= 11 is 0.